The van der Waals surface area contributed by atoms with Gasteiger partial charge in [-0.05, 0) is 51.4 Å². The number of carbonyl (C=O) groups is 2. The maximum atomic E-state index is 12.0. The van der Waals surface area contributed by atoms with Gasteiger partial charge in [0.15, 0.2) is 0 Å². The Kier molecular flexibility index (Phi) is 25.3. The molecule has 6 heteroatoms. The Labute approximate surface area is 257 Å². The van der Waals surface area contributed by atoms with E-state index in [1.54, 1.807) is 0 Å². The number of ether oxygens (including phenoxy) is 3. The van der Waals surface area contributed by atoms with Crippen LogP contribution in [0.1, 0.15) is 149 Å². The molecule has 0 bridgehead atoms. The van der Waals surface area contributed by atoms with Crippen LogP contribution in [0.3, 0.4) is 0 Å². The number of hydrogen-bond acceptors (Lipinski definition) is 6. The van der Waals surface area contributed by atoms with Gasteiger partial charge in [-0.3, -0.25) is 9.59 Å². The van der Waals surface area contributed by atoms with Crippen LogP contribution in [0.5, 0.6) is 0 Å². The number of allylic oxidation sites excluding steroid dienone is 5. The molecule has 42 heavy (non-hydrogen) atoms. The molecule has 1 N–H and O–H groups in total. The first-order valence-electron chi connectivity index (χ1n) is 17.2. The molecule has 0 aromatic rings. The molecule has 0 saturated carbocycles. The quantitative estimate of drug-likeness (QED) is 0.0405. The molecule has 6 nitrogen and oxygen atoms in total. The summed E-state index contributed by atoms with van der Waals surface area (Å²) in [4.78, 5) is 23.9. The Bertz CT molecular complexity index is 743. The Hall–Kier alpha value is -1.92. The third kappa shape index (κ3) is 24.7. The van der Waals surface area contributed by atoms with Crippen LogP contribution < -0.4 is 0 Å². The summed E-state index contributed by atoms with van der Waals surface area (Å²) in [5, 5.41) is 9.97. The lowest BCUT2D eigenvalue weighted by Gasteiger charge is -2.12. The van der Waals surface area contributed by atoms with E-state index in [0.717, 1.165) is 44.9 Å². The van der Waals surface area contributed by atoms with Crippen molar-refractivity contribution in [3.8, 4) is 0 Å². The van der Waals surface area contributed by atoms with Gasteiger partial charge >= 0.3 is 11.9 Å². The normalized spacial score (nSPS) is 17.4. The summed E-state index contributed by atoms with van der Waals surface area (Å²) in [6.45, 7) is 4.18. The molecule has 0 aliphatic carbocycles. The third-order valence-electron chi connectivity index (χ3n) is 7.55. The van der Waals surface area contributed by atoms with Crippen molar-refractivity contribution >= 4 is 11.9 Å². The molecule has 1 saturated heterocycles. The number of aliphatic hydroxyl groups excluding tert-OH is 1. The van der Waals surface area contributed by atoms with Crippen molar-refractivity contribution in [2.45, 2.75) is 167 Å². The minimum Gasteiger partial charge on any atom is -0.463 e. The van der Waals surface area contributed by atoms with Gasteiger partial charge in [-0.15, -0.1) is 0 Å². The molecule has 3 atom stereocenters. The second-order valence-electron chi connectivity index (χ2n) is 11.7. The second-order valence-corrected chi connectivity index (χ2v) is 11.7. The monoisotopic (exact) mass is 590 g/mol. The van der Waals surface area contributed by atoms with Crippen LogP contribution >= 0.6 is 0 Å². The Morgan fingerprint density at radius 1 is 0.643 bits per heavy atom. The van der Waals surface area contributed by atoms with Gasteiger partial charge < -0.3 is 19.3 Å². The molecule has 0 amide bonds. The van der Waals surface area contributed by atoms with E-state index in [0.29, 0.717) is 19.3 Å². The van der Waals surface area contributed by atoms with E-state index < -0.39 is 6.10 Å². The van der Waals surface area contributed by atoms with E-state index in [1.165, 1.54) is 70.6 Å². The van der Waals surface area contributed by atoms with Gasteiger partial charge in [-0.25, -0.2) is 0 Å². The molecular weight excluding hydrogens is 528 g/mol. The summed E-state index contributed by atoms with van der Waals surface area (Å²) in [6, 6.07) is 0. The Morgan fingerprint density at radius 3 is 1.76 bits per heavy atom. The minimum atomic E-state index is -0.990. The van der Waals surface area contributed by atoms with Crippen molar-refractivity contribution in [2.24, 2.45) is 0 Å². The molecule has 0 radical (unpaired) electrons. The molecule has 0 aromatic carbocycles. The predicted molar refractivity (Wildman–Crippen MR) is 172 cm³/mol. The standard InChI is InChI=1S/C36H62O6/c1-3-5-7-9-11-13-15-16-17-19-21-23-26-33-34(42-33)27-25-29-36(39)41-31-32(37)30-40-35(38)28-24-22-20-18-14-12-10-8-6-4-2/h11,13,16-17,21,23,32-34,37H,3-10,12,14-15,18-20,22,24-31H2,1-2H3/b13-11-,17-16-,23-21-/t32-,33?,34?/m1/s1. The SMILES string of the molecule is CCCCC/C=C\C/C=C\C/C=C\CC1OC1CCCC(=O)OC[C@H](O)COC(=O)CCCCCCCCCCCC. The molecule has 1 rings (SSSR count). The van der Waals surface area contributed by atoms with Gasteiger partial charge in [0.25, 0.3) is 0 Å². The van der Waals surface area contributed by atoms with Crippen molar-refractivity contribution in [1.82, 2.24) is 0 Å². The van der Waals surface area contributed by atoms with Gasteiger partial charge in [0.05, 0.1) is 12.2 Å². The van der Waals surface area contributed by atoms with Crippen LogP contribution in [0.4, 0.5) is 0 Å². The topological polar surface area (TPSA) is 85.4 Å². The van der Waals surface area contributed by atoms with E-state index in [9.17, 15) is 14.7 Å². The van der Waals surface area contributed by atoms with Gasteiger partial charge in [-0.1, -0.05) is 121 Å². The van der Waals surface area contributed by atoms with E-state index in [2.05, 4.69) is 50.3 Å². The highest BCUT2D eigenvalue weighted by Gasteiger charge is 2.36. The number of epoxide rings is 1. The summed E-state index contributed by atoms with van der Waals surface area (Å²) < 4.78 is 16.0. The van der Waals surface area contributed by atoms with Crippen LogP contribution in [-0.2, 0) is 23.8 Å². The van der Waals surface area contributed by atoms with E-state index in [1.807, 2.05) is 0 Å². The fraction of sp³-hybridized carbons (Fsp3) is 0.778. The first-order chi connectivity index (χ1) is 20.6. The van der Waals surface area contributed by atoms with Crippen molar-refractivity contribution < 1.29 is 28.9 Å². The second kappa shape index (κ2) is 27.9. The fourth-order valence-corrected chi connectivity index (χ4v) is 4.82. The highest BCUT2D eigenvalue weighted by atomic mass is 16.6. The largest absolute Gasteiger partial charge is 0.463 e. The molecule has 1 aliphatic rings. The predicted octanol–water partition coefficient (Wildman–Crippen LogP) is 9.10. The van der Waals surface area contributed by atoms with Crippen molar-refractivity contribution in [2.75, 3.05) is 13.2 Å². The molecule has 1 aliphatic heterocycles. The molecule has 1 fully saturated rings. The zero-order chi connectivity index (χ0) is 30.5. The molecule has 1 heterocycles. The number of carbonyl (C=O) groups excluding carboxylic acids is 2. The zero-order valence-corrected chi connectivity index (χ0v) is 26.9. The summed E-state index contributed by atoms with van der Waals surface area (Å²) in [5.41, 5.74) is 0. The highest BCUT2D eigenvalue weighted by Crippen LogP contribution is 2.30. The van der Waals surface area contributed by atoms with Gasteiger partial charge in [0, 0.05) is 12.8 Å². The summed E-state index contributed by atoms with van der Waals surface area (Å²) in [7, 11) is 0. The molecular formula is C36H62O6. The smallest absolute Gasteiger partial charge is 0.305 e. The van der Waals surface area contributed by atoms with E-state index in [4.69, 9.17) is 14.2 Å². The van der Waals surface area contributed by atoms with E-state index in [-0.39, 0.29) is 37.4 Å². The number of aliphatic hydroxyl groups is 1. The zero-order valence-electron chi connectivity index (χ0n) is 26.9. The average Bonchev–Trinajstić information content (AvgIpc) is 3.74. The molecule has 0 aromatic heterocycles. The first-order valence-corrected chi connectivity index (χ1v) is 17.2. The lowest BCUT2D eigenvalue weighted by molar-refractivity contribution is -0.152. The maximum Gasteiger partial charge on any atom is 0.305 e. The van der Waals surface area contributed by atoms with Crippen LogP contribution in [0.25, 0.3) is 0 Å². The highest BCUT2D eigenvalue weighted by molar-refractivity contribution is 5.69. The summed E-state index contributed by atoms with van der Waals surface area (Å²) in [6.07, 6.45) is 35.0. The van der Waals surface area contributed by atoms with Crippen LogP contribution in [-0.4, -0.2) is 48.6 Å². The third-order valence-corrected chi connectivity index (χ3v) is 7.55. The summed E-state index contributed by atoms with van der Waals surface area (Å²) >= 11 is 0. The molecule has 242 valence electrons. The average molecular weight is 591 g/mol. The van der Waals surface area contributed by atoms with Crippen molar-refractivity contribution in [3.63, 3.8) is 0 Å². The summed E-state index contributed by atoms with van der Waals surface area (Å²) in [5.74, 6) is -0.642. The molecule has 2 unspecified atom stereocenters. The van der Waals surface area contributed by atoms with Crippen molar-refractivity contribution in [1.29, 1.82) is 0 Å². The maximum absolute atomic E-state index is 12.0. The van der Waals surface area contributed by atoms with E-state index >= 15 is 0 Å². The minimum absolute atomic E-state index is 0.138. The van der Waals surface area contributed by atoms with Gasteiger partial charge in [-0.2, -0.15) is 0 Å². The van der Waals surface area contributed by atoms with Gasteiger partial charge in [0.2, 0.25) is 0 Å². The fourth-order valence-electron chi connectivity index (χ4n) is 4.82. The van der Waals surface area contributed by atoms with Crippen LogP contribution in [0, 0.1) is 0 Å². The Morgan fingerprint density at radius 2 is 1.14 bits per heavy atom. The van der Waals surface area contributed by atoms with Gasteiger partial charge in [0.1, 0.15) is 19.3 Å². The number of rotatable bonds is 29. The lowest BCUT2D eigenvalue weighted by Crippen LogP contribution is -2.25. The first kappa shape index (κ1) is 38.1. The van der Waals surface area contributed by atoms with Crippen molar-refractivity contribution in [3.05, 3.63) is 36.5 Å². The van der Waals surface area contributed by atoms with Crippen LogP contribution in [0.2, 0.25) is 0 Å². The molecule has 0 spiro atoms. The number of unbranched alkanes of at least 4 members (excludes halogenated alkanes) is 12. The lowest BCUT2D eigenvalue weighted by atomic mass is 10.1. The number of hydrogen-bond donors (Lipinski definition) is 1. The number of esters is 2. The van der Waals surface area contributed by atoms with Crippen LogP contribution in [0.15, 0.2) is 36.5 Å². The Balaban J connectivity index is 1.91.